The molecule has 18 heavy (non-hydrogen) atoms. The quantitative estimate of drug-likeness (QED) is 0.752. The molecule has 0 bridgehead atoms. The van der Waals surface area contributed by atoms with Crippen LogP contribution in [-0.4, -0.2) is 48.8 Å². The van der Waals surface area contributed by atoms with Gasteiger partial charge >= 0.3 is 5.97 Å². The first-order valence-corrected chi connectivity index (χ1v) is 6.05. The van der Waals surface area contributed by atoms with Crippen molar-refractivity contribution in [2.24, 2.45) is 0 Å². The largest absolute Gasteiger partial charge is 0.465 e. The summed E-state index contributed by atoms with van der Waals surface area (Å²) in [6.45, 7) is 5.38. The van der Waals surface area contributed by atoms with Crippen LogP contribution < -0.4 is 0 Å². The van der Waals surface area contributed by atoms with Crippen molar-refractivity contribution in [3.8, 4) is 0 Å². The van der Waals surface area contributed by atoms with Gasteiger partial charge in [-0.25, -0.2) is 4.79 Å². The molecular weight excluding hydrogens is 232 g/mol. The number of aromatic nitrogens is 1. The number of ether oxygens (including phenoxy) is 2. The monoisotopic (exact) mass is 250 g/mol. The molecule has 1 aliphatic rings. The van der Waals surface area contributed by atoms with Crippen LogP contribution in [0.25, 0.3) is 0 Å². The van der Waals surface area contributed by atoms with Gasteiger partial charge < -0.3 is 9.47 Å². The van der Waals surface area contributed by atoms with Crippen LogP contribution in [0.4, 0.5) is 0 Å². The molecule has 1 aliphatic heterocycles. The topological polar surface area (TPSA) is 51.7 Å². The van der Waals surface area contributed by atoms with Gasteiger partial charge in [-0.3, -0.25) is 9.88 Å². The van der Waals surface area contributed by atoms with Crippen LogP contribution in [-0.2, 0) is 16.0 Å². The van der Waals surface area contributed by atoms with E-state index in [2.05, 4.69) is 21.5 Å². The molecule has 1 aromatic heterocycles. The van der Waals surface area contributed by atoms with Gasteiger partial charge in [0.2, 0.25) is 0 Å². The number of hydrogen-bond acceptors (Lipinski definition) is 5. The smallest absolute Gasteiger partial charge is 0.339 e. The number of hydrogen-bond donors (Lipinski definition) is 0. The maximum absolute atomic E-state index is 11.3. The predicted octanol–water partition coefficient (Wildman–Crippen LogP) is 1.09. The highest BCUT2D eigenvalue weighted by Crippen LogP contribution is 2.11. The van der Waals surface area contributed by atoms with E-state index in [4.69, 9.17) is 4.74 Å². The van der Waals surface area contributed by atoms with Gasteiger partial charge in [-0.2, -0.15) is 0 Å². The third-order valence-electron chi connectivity index (χ3n) is 3.12. The van der Waals surface area contributed by atoms with Crippen molar-refractivity contribution >= 4 is 5.97 Å². The summed E-state index contributed by atoms with van der Waals surface area (Å²) in [4.78, 5) is 17.9. The molecule has 98 valence electrons. The fourth-order valence-electron chi connectivity index (χ4n) is 1.96. The molecule has 1 fully saturated rings. The SMILES string of the molecule is COC(=O)c1ccc(CN2CCOCC2C)nc1. The zero-order valence-corrected chi connectivity index (χ0v) is 10.8. The minimum atomic E-state index is -0.353. The van der Waals surface area contributed by atoms with Gasteiger partial charge in [-0.15, -0.1) is 0 Å². The Morgan fingerprint density at radius 1 is 1.61 bits per heavy atom. The summed E-state index contributed by atoms with van der Waals surface area (Å²) in [6, 6.07) is 4.02. The van der Waals surface area contributed by atoms with Crippen LogP contribution in [0.3, 0.4) is 0 Å². The molecule has 0 aliphatic carbocycles. The lowest BCUT2D eigenvalue weighted by atomic mass is 10.2. The second-order valence-electron chi connectivity index (χ2n) is 4.42. The molecule has 0 saturated carbocycles. The second kappa shape index (κ2) is 5.93. The minimum Gasteiger partial charge on any atom is -0.465 e. The van der Waals surface area contributed by atoms with Crippen LogP contribution in [0, 0.1) is 0 Å². The van der Waals surface area contributed by atoms with Gasteiger partial charge in [-0.05, 0) is 19.1 Å². The van der Waals surface area contributed by atoms with Crippen molar-refractivity contribution in [2.75, 3.05) is 26.9 Å². The van der Waals surface area contributed by atoms with E-state index in [0.717, 1.165) is 32.0 Å². The summed E-state index contributed by atoms with van der Waals surface area (Å²) in [5.41, 5.74) is 1.44. The average molecular weight is 250 g/mol. The Balaban J connectivity index is 1.99. The normalized spacial score (nSPS) is 20.7. The highest BCUT2D eigenvalue weighted by atomic mass is 16.5. The summed E-state index contributed by atoms with van der Waals surface area (Å²) in [6.07, 6.45) is 1.56. The van der Waals surface area contributed by atoms with Crippen molar-refractivity contribution in [1.82, 2.24) is 9.88 Å². The van der Waals surface area contributed by atoms with Crippen LogP contribution >= 0.6 is 0 Å². The number of carbonyl (C=O) groups excluding carboxylic acids is 1. The summed E-state index contributed by atoms with van der Waals surface area (Å²) >= 11 is 0. The van der Waals surface area contributed by atoms with Gasteiger partial charge in [0.25, 0.3) is 0 Å². The molecule has 0 spiro atoms. The number of esters is 1. The molecular formula is C13H18N2O3. The number of carbonyl (C=O) groups is 1. The van der Waals surface area contributed by atoms with E-state index in [1.54, 1.807) is 12.3 Å². The lowest BCUT2D eigenvalue weighted by Gasteiger charge is -2.32. The zero-order valence-electron chi connectivity index (χ0n) is 10.8. The van der Waals surface area contributed by atoms with Crippen molar-refractivity contribution in [2.45, 2.75) is 19.5 Å². The van der Waals surface area contributed by atoms with Crippen LogP contribution in [0.5, 0.6) is 0 Å². The lowest BCUT2D eigenvalue weighted by molar-refractivity contribution is -0.00491. The number of nitrogens with zero attached hydrogens (tertiary/aromatic N) is 2. The maximum Gasteiger partial charge on any atom is 0.339 e. The number of rotatable bonds is 3. The Labute approximate surface area is 107 Å². The molecule has 5 nitrogen and oxygen atoms in total. The first-order valence-electron chi connectivity index (χ1n) is 6.05. The maximum atomic E-state index is 11.3. The van der Waals surface area contributed by atoms with E-state index in [1.807, 2.05) is 6.07 Å². The Bertz CT molecular complexity index is 405. The lowest BCUT2D eigenvalue weighted by Crippen LogP contribution is -2.43. The molecule has 0 radical (unpaired) electrons. The van der Waals surface area contributed by atoms with Crippen LogP contribution in [0.15, 0.2) is 18.3 Å². The Morgan fingerprint density at radius 2 is 2.44 bits per heavy atom. The van der Waals surface area contributed by atoms with E-state index in [9.17, 15) is 4.79 Å². The molecule has 0 N–H and O–H groups in total. The summed E-state index contributed by atoms with van der Waals surface area (Å²) in [7, 11) is 1.37. The zero-order chi connectivity index (χ0) is 13.0. The van der Waals surface area contributed by atoms with E-state index < -0.39 is 0 Å². The highest BCUT2D eigenvalue weighted by Gasteiger charge is 2.19. The molecule has 1 unspecified atom stereocenters. The van der Waals surface area contributed by atoms with Crippen LogP contribution in [0.1, 0.15) is 23.0 Å². The predicted molar refractivity (Wildman–Crippen MR) is 66.3 cm³/mol. The van der Waals surface area contributed by atoms with E-state index >= 15 is 0 Å². The summed E-state index contributed by atoms with van der Waals surface area (Å²) in [5, 5.41) is 0. The fraction of sp³-hybridized carbons (Fsp3) is 0.538. The molecule has 5 heteroatoms. The number of pyridine rings is 1. The van der Waals surface area contributed by atoms with Crippen LogP contribution in [0.2, 0.25) is 0 Å². The third kappa shape index (κ3) is 3.05. The van der Waals surface area contributed by atoms with Crippen molar-refractivity contribution < 1.29 is 14.3 Å². The van der Waals surface area contributed by atoms with E-state index in [0.29, 0.717) is 11.6 Å². The van der Waals surface area contributed by atoms with Gasteiger partial charge in [0.05, 0.1) is 31.6 Å². The Morgan fingerprint density at radius 3 is 3.06 bits per heavy atom. The first kappa shape index (κ1) is 13.0. The molecule has 1 saturated heterocycles. The summed E-state index contributed by atoms with van der Waals surface area (Å²) in [5.74, 6) is -0.353. The standard InChI is InChI=1S/C13H18N2O3/c1-10-9-18-6-5-15(10)8-12-4-3-11(7-14-12)13(16)17-2/h3-4,7,10H,5-6,8-9H2,1-2H3. The van der Waals surface area contributed by atoms with E-state index in [-0.39, 0.29) is 5.97 Å². The van der Waals surface area contributed by atoms with Gasteiger partial charge in [0, 0.05) is 25.3 Å². The number of morpholine rings is 1. The molecule has 2 rings (SSSR count). The number of methoxy groups -OCH3 is 1. The van der Waals surface area contributed by atoms with Crippen molar-refractivity contribution in [3.05, 3.63) is 29.6 Å². The first-order chi connectivity index (χ1) is 8.70. The fourth-order valence-corrected chi connectivity index (χ4v) is 1.96. The molecule has 2 heterocycles. The Kier molecular flexibility index (Phi) is 4.28. The van der Waals surface area contributed by atoms with Crippen molar-refractivity contribution in [1.29, 1.82) is 0 Å². The second-order valence-corrected chi connectivity index (χ2v) is 4.42. The molecule has 1 atom stereocenters. The van der Waals surface area contributed by atoms with Crippen molar-refractivity contribution in [3.63, 3.8) is 0 Å². The van der Waals surface area contributed by atoms with E-state index in [1.165, 1.54) is 7.11 Å². The average Bonchev–Trinajstić information content (AvgIpc) is 2.41. The molecule has 1 aromatic rings. The highest BCUT2D eigenvalue weighted by molar-refractivity contribution is 5.88. The summed E-state index contributed by atoms with van der Waals surface area (Å²) < 4.78 is 10.0. The molecule has 0 amide bonds. The van der Waals surface area contributed by atoms with Gasteiger partial charge in [-0.1, -0.05) is 0 Å². The minimum absolute atomic E-state index is 0.353. The molecule has 0 aromatic carbocycles. The third-order valence-corrected chi connectivity index (χ3v) is 3.12. The van der Waals surface area contributed by atoms with Gasteiger partial charge in [0.1, 0.15) is 0 Å². The van der Waals surface area contributed by atoms with Gasteiger partial charge in [0.15, 0.2) is 0 Å². The Hall–Kier alpha value is -1.46.